The molecule has 0 spiro atoms. The number of fused-ring (bicyclic) bond motifs is 1. The number of nitrogens with zero attached hydrogens (tertiary/aromatic N) is 4. The molecule has 0 bridgehead atoms. The minimum absolute atomic E-state index is 0. The van der Waals surface area contributed by atoms with Crippen LogP contribution in [0.15, 0.2) is 12.6 Å². The predicted octanol–water partition coefficient (Wildman–Crippen LogP) is -7.86. The number of phosphoric acid groups is 3. The number of anilines is 1. The van der Waals surface area contributed by atoms with E-state index in [-0.39, 0.29) is 48.0 Å². The molecule has 1 aliphatic rings. The maximum atomic E-state index is 12.7. The summed E-state index contributed by atoms with van der Waals surface area (Å²) in [5.41, 5.74) is -1.90. The topological polar surface area (TPSA) is 265 Å². The molecule has 17 nitrogen and oxygen atoms in total. The molecule has 3 unspecified atom stereocenters. The van der Waals surface area contributed by atoms with Gasteiger partial charge in [0.2, 0.25) is 4.29 Å². The molecule has 1 aliphatic heterocycles. The Balaban J connectivity index is 0.00000529. The Labute approximate surface area is 223 Å². The maximum Gasteiger partial charge on any atom is 1.00 e. The maximum absolute atomic E-state index is 12.7. The fourth-order valence-corrected chi connectivity index (χ4v) is 4.41. The molecular formula is C10H14Li2N5O12P3. The molecule has 1 saturated heterocycles. The second kappa shape index (κ2) is 11.1. The number of aliphatic hydroxyl groups is 1. The fraction of sp³-hybridized carbons (Fsp3) is 0.500. The van der Waals surface area contributed by atoms with Gasteiger partial charge in [0.1, 0.15) is 26.8 Å². The Morgan fingerprint density at radius 2 is 2.19 bits per heavy atom. The third-order valence-corrected chi connectivity index (χ3v) is 6.20. The first-order valence-corrected chi connectivity index (χ1v) is 11.1. The van der Waals surface area contributed by atoms with Gasteiger partial charge in [0.25, 0.3) is 15.6 Å². The molecule has 22 heteroatoms. The van der Waals surface area contributed by atoms with Crippen molar-refractivity contribution in [3.63, 3.8) is 0 Å². The fourth-order valence-electron chi connectivity index (χ4n) is 1.74. The van der Waals surface area contributed by atoms with Crippen LogP contribution in [-0.2, 0) is 31.6 Å². The number of nitrogens with two attached hydrogens (primary N) is 1. The molecule has 32 heavy (non-hydrogen) atoms. The smallest absolute Gasteiger partial charge is 0.756 e. The van der Waals surface area contributed by atoms with Gasteiger partial charge in [-0.25, -0.2) is 28.1 Å². The van der Waals surface area contributed by atoms with E-state index in [1.54, 1.807) is 0 Å². The average Bonchev–Trinajstić information content (AvgIpc) is 3.26. The van der Waals surface area contributed by atoms with Crippen LogP contribution in [-0.4, -0.2) is 57.4 Å². The Kier molecular flexibility index (Phi) is 5.00. The number of rotatable bonds is 12. The number of nitrogen functional groups attached to an aromatic ring is 1. The second-order valence-electron chi connectivity index (χ2n) is 4.76. The van der Waals surface area contributed by atoms with Crippen LogP contribution in [0.5, 0.6) is 0 Å². The van der Waals surface area contributed by atoms with Crippen LogP contribution < -0.4 is 53.2 Å². The molecule has 168 valence electrons. The second-order valence-corrected chi connectivity index (χ2v) is 8.93. The molecule has 0 radical (unpaired) electrons. The number of hydrogen-bond acceptors (Lipinski definition) is 16. The van der Waals surface area contributed by atoms with Crippen molar-refractivity contribution in [2.45, 2.75) is 24.7 Å². The molecular weight excluding hydrogens is 494 g/mol. The molecule has 3 heterocycles. The van der Waals surface area contributed by atoms with E-state index in [1.807, 2.05) is 0 Å². The van der Waals surface area contributed by atoms with E-state index in [2.05, 4.69) is 43.0 Å². The van der Waals surface area contributed by atoms with Crippen molar-refractivity contribution >= 4 is 40.4 Å². The van der Waals surface area contributed by atoms with Gasteiger partial charge in [-0.3, -0.25) is 18.2 Å². The number of aromatic nitrogens is 4. The summed E-state index contributed by atoms with van der Waals surface area (Å²) in [7, 11) is -19.1. The Morgan fingerprint density at radius 3 is 2.84 bits per heavy atom. The van der Waals surface area contributed by atoms with Gasteiger partial charge in [0, 0.05) is 9.11 Å². The van der Waals surface area contributed by atoms with Crippen molar-refractivity contribution < 1.29 is 109 Å². The minimum atomic E-state index is -6.59. The monoisotopic (exact) mass is 522 g/mol. The van der Waals surface area contributed by atoms with Crippen LogP contribution in [0.2, 0.25) is 2.82 Å². The van der Waals surface area contributed by atoms with E-state index in [0.717, 1.165) is 0 Å². The summed E-state index contributed by atoms with van der Waals surface area (Å²) in [4.78, 5) is 39.8. The van der Waals surface area contributed by atoms with Crippen LogP contribution in [0, 0.1) is 0 Å². The van der Waals surface area contributed by atoms with Gasteiger partial charge in [-0.05, 0) is 0 Å². The van der Waals surface area contributed by atoms with Gasteiger partial charge in [-0.2, -0.15) is 0 Å². The molecule has 5 N–H and O–H groups in total. The Bertz CT molecular complexity index is 1620. The average molecular weight is 522 g/mol. The van der Waals surface area contributed by atoms with Crippen LogP contribution in [0.4, 0.5) is 5.82 Å². The Hall–Kier alpha value is -0.125. The molecule has 1 fully saturated rings. The first-order chi connectivity index (χ1) is 19.7. The number of hydrogen-bond donors (Lipinski definition) is 4. The summed E-state index contributed by atoms with van der Waals surface area (Å²) < 4.78 is 161. The quantitative estimate of drug-likeness (QED) is 0.115. The van der Waals surface area contributed by atoms with Gasteiger partial charge >= 0.3 is 45.5 Å². The summed E-state index contributed by atoms with van der Waals surface area (Å²) in [5, 5.41) is 3.96. The number of phosphoric ester groups is 1. The predicted molar refractivity (Wildman–Crippen MR) is 89.6 cm³/mol. The van der Waals surface area contributed by atoms with Crippen molar-refractivity contribution in [2.75, 3.05) is 12.3 Å². The van der Waals surface area contributed by atoms with Gasteiger partial charge in [0.05, 0.1) is 25.8 Å². The first kappa shape index (κ1) is 14.4. The summed E-state index contributed by atoms with van der Waals surface area (Å²) in [6, 6.07) is 0. The van der Waals surface area contributed by atoms with E-state index < -0.39 is 84.4 Å². The van der Waals surface area contributed by atoms with Gasteiger partial charge in [-0.15, -0.1) is 0 Å². The third kappa shape index (κ3) is 7.70. The first-order valence-electron chi connectivity index (χ1n) is 13.4. The summed E-state index contributed by atoms with van der Waals surface area (Å²) in [6.07, 6.45) is -18.9. The SMILES string of the molecule is [2H]O[C@@]1([2H])C([2H])([2H])[C@]([2H])([15n]2c([2H])[15n]c3c([15N]([2H])[2H])[15n]c([2H])[15n]c32)O[C@]1([2H])C([2H])([2H])OP(=O)(O[2H])OP(=O)([O-])OP(=O)([O-])O[2H].[Li+].[Li+]. The molecule has 2 aromatic rings. The number of ether oxygens (including phenoxy) is 1. The third-order valence-electron chi connectivity index (χ3n) is 2.69. The van der Waals surface area contributed by atoms with Gasteiger partial charge in [0.15, 0.2) is 14.3 Å². The standard InChI is InChI=1S/C10H16N5O12P3.2Li/c11-9-8-10(13-3-12-9)15(4-14-8)7-1-5(16)6(25-7)2-24-29(20,21)27-30(22,23)26-28(17,18)19;;/h3-7,16H,1-2H2,(H,20,21)(H,22,23)(H2,11,12,13)(H2,17,18,19);;/q;2*+1/p-2/t5-,6+,7+;;/m0../s1/i1D2,2D2,3D,4D,5D,6D,7D,11+1,12+1,13+1,14+1,15+1,16D;;/hD4. The van der Waals surface area contributed by atoms with E-state index in [0.29, 0.717) is 0 Å². The normalized spacial score (nSPS) is 41.3. The van der Waals surface area contributed by atoms with Crippen LogP contribution in [0.1, 0.15) is 24.9 Å². The molecule has 0 saturated carbocycles. The van der Waals surface area contributed by atoms with E-state index in [9.17, 15) is 23.5 Å². The van der Waals surface area contributed by atoms with E-state index in [1.165, 1.54) is 0 Å². The van der Waals surface area contributed by atoms with Crippen LogP contribution >= 0.6 is 23.5 Å². The van der Waals surface area contributed by atoms with Crippen molar-refractivity contribution in [1.82, 2.24) is 19.5 Å². The van der Waals surface area contributed by atoms with Gasteiger partial charge < -0.3 is 35.1 Å². The largest absolute Gasteiger partial charge is 1.00 e. The van der Waals surface area contributed by atoms with Crippen molar-refractivity contribution in [3.8, 4) is 0 Å². The van der Waals surface area contributed by atoms with Gasteiger partial charge in [-0.1, -0.05) is 0 Å². The zero-order valence-electron chi connectivity index (χ0n) is 29.5. The van der Waals surface area contributed by atoms with Crippen LogP contribution in [0.3, 0.4) is 0 Å². The molecule has 6 atom stereocenters. The van der Waals surface area contributed by atoms with E-state index >= 15 is 0 Å². The molecule has 3 rings (SSSR count). The zero-order chi connectivity index (χ0) is 34.1. The van der Waals surface area contributed by atoms with Crippen LogP contribution in [0.25, 0.3) is 11.2 Å². The molecule has 0 aliphatic carbocycles. The van der Waals surface area contributed by atoms with E-state index in [4.69, 9.17) is 24.2 Å². The molecule has 2 aromatic heterocycles. The summed E-state index contributed by atoms with van der Waals surface area (Å²) in [5.74, 6) is -0.813. The van der Waals surface area contributed by atoms with Crippen molar-refractivity contribution in [1.29, 1.82) is 4.29 Å². The van der Waals surface area contributed by atoms with Crippen molar-refractivity contribution in [2.24, 2.45) is 0 Å². The summed E-state index contributed by atoms with van der Waals surface area (Å²) in [6.45, 7) is -4.56. The zero-order valence-corrected chi connectivity index (χ0v) is 18.2. The van der Waals surface area contributed by atoms with Crippen molar-refractivity contribution in [3.05, 3.63) is 12.6 Å². The number of imidazole rings is 1. The molecule has 0 amide bonds. The molecule has 0 aromatic carbocycles. The minimum Gasteiger partial charge on any atom is -0.756 e. The summed E-state index contributed by atoms with van der Waals surface area (Å²) >= 11 is 0. The Morgan fingerprint density at radius 1 is 1.41 bits per heavy atom.